The number of carbonyl (C=O) groups is 1. The topological polar surface area (TPSA) is 29.1 Å². The molecule has 0 unspecified atom stereocenters. The fourth-order valence-electron chi connectivity index (χ4n) is 0.952. The van der Waals surface area contributed by atoms with Gasteiger partial charge in [-0.25, -0.2) is 0 Å². The highest BCUT2D eigenvalue weighted by molar-refractivity contribution is 5.78. The minimum Gasteiger partial charge on any atom is -0.314 e. The number of ketones is 1. The van der Waals surface area contributed by atoms with Crippen LogP contribution >= 0.6 is 0 Å². The first kappa shape index (κ1) is 12.2. The van der Waals surface area contributed by atoms with Gasteiger partial charge in [-0.15, -0.1) is 11.8 Å². The minimum atomic E-state index is 0.302. The number of nitrogens with one attached hydrogen (secondary N) is 1. The molecule has 0 spiro atoms. The van der Waals surface area contributed by atoms with E-state index in [9.17, 15) is 4.79 Å². The van der Waals surface area contributed by atoms with Crippen LogP contribution in [0.25, 0.3) is 0 Å². The molecule has 0 saturated carbocycles. The molecular weight excluding hydrogens is 162 g/mol. The van der Waals surface area contributed by atoms with Gasteiger partial charge in [-0.05, 0) is 6.92 Å². The van der Waals surface area contributed by atoms with Gasteiger partial charge in [0.15, 0.2) is 0 Å². The second-order valence-electron chi connectivity index (χ2n) is 3.32. The molecule has 0 bridgehead atoms. The maximum atomic E-state index is 11.2. The van der Waals surface area contributed by atoms with Gasteiger partial charge in [-0.1, -0.05) is 13.8 Å². The van der Waals surface area contributed by atoms with Crippen molar-refractivity contribution in [3.05, 3.63) is 0 Å². The van der Waals surface area contributed by atoms with E-state index in [0.29, 0.717) is 31.1 Å². The summed E-state index contributed by atoms with van der Waals surface area (Å²) in [5, 5.41) is 3.21. The van der Waals surface area contributed by atoms with Crippen molar-refractivity contribution in [3.63, 3.8) is 0 Å². The predicted octanol–water partition coefficient (Wildman–Crippen LogP) is 1.75. The van der Waals surface area contributed by atoms with Gasteiger partial charge in [0.05, 0.1) is 0 Å². The first-order chi connectivity index (χ1) is 6.16. The van der Waals surface area contributed by atoms with Crippen LogP contribution in [0.2, 0.25) is 0 Å². The summed E-state index contributed by atoms with van der Waals surface area (Å²) in [5.41, 5.74) is 0. The van der Waals surface area contributed by atoms with Crippen LogP contribution in [0.4, 0.5) is 0 Å². The van der Waals surface area contributed by atoms with Crippen LogP contribution in [0.1, 0.15) is 40.0 Å². The molecule has 2 nitrogen and oxygen atoms in total. The minimum absolute atomic E-state index is 0.302. The summed E-state index contributed by atoms with van der Waals surface area (Å²) in [4.78, 5) is 11.2. The van der Waals surface area contributed by atoms with E-state index in [-0.39, 0.29) is 0 Å². The van der Waals surface area contributed by atoms with Crippen molar-refractivity contribution in [2.75, 3.05) is 6.54 Å². The second-order valence-corrected chi connectivity index (χ2v) is 3.32. The highest BCUT2D eigenvalue weighted by Gasteiger charge is 2.00. The number of rotatable bonds is 6. The SMILES string of the molecule is CC#CCCC(=O)CCNC(C)C. The Balaban J connectivity index is 3.34. The molecule has 1 N–H and O–H groups in total. The molecule has 0 aromatic carbocycles. The zero-order chi connectivity index (χ0) is 10.1. The van der Waals surface area contributed by atoms with Crippen molar-refractivity contribution in [2.24, 2.45) is 0 Å². The number of carbonyl (C=O) groups excluding carboxylic acids is 1. The average molecular weight is 181 g/mol. The molecule has 0 amide bonds. The Hall–Kier alpha value is -0.810. The highest BCUT2D eigenvalue weighted by Crippen LogP contribution is 1.93. The van der Waals surface area contributed by atoms with Crippen molar-refractivity contribution in [2.45, 2.75) is 46.1 Å². The zero-order valence-electron chi connectivity index (χ0n) is 8.81. The molecule has 0 aliphatic heterocycles. The standard InChI is InChI=1S/C11H19NO/c1-4-5-6-7-11(13)8-9-12-10(2)3/h10,12H,6-9H2,1-3H3. The van der Waals surface area contributed by atoms with E-state index in [0.717, 1.165) is 6.54 Å². The lowest BCUT2D eigenvalue weighted by Crippen LogP contribution is -2.25. The Morgan fingerprint density at radius 1 is 1.38 bits per heavy atom. The molecule has 0 aliphatic rings. The number of hydrogen-bond donors (Lipinski definition) is 1. The second kappa shape index (κ2) is 7.82. The third-order valence-electron chi connectivity index (χ3n) is 1.66. The molecule has 0 heterocycles. The lowest BCUT2D eigenvalue weighted by atomic mass is 10.1. The lowest BCUT2D eigenvalue weighted by molar-refractivity contribution is -0.118. The molecule has 0 atom stereocenters. The van der Waals surface area contributed by atoms with E-state index in [1.807, 2.05) is 0 Å². The monoisotopic (exact) mass is 181 g/mol. The van der Waals surface area contributed by atoms with Crippen LogP contribution in [-0.4, -0.2) is 18.4 Å². The summed E-state index contributed by atoms with van der Waals surface area (Å²) >= 11 is 0. The van der Waals surface area contributed by atoms with Gasteiger partial charge in [0.1, 0.15) is 5.78 Å². The molecule has 0 aliphatic carbocycles. The molecular formula is C11H19NO. The van der Waals surface area contributed by atoms with Crippen LogP contribution in [0.3, 0.4) is 0 Å². The summed E-state index contributed by atoms with van der Waals surface area (Å²) in [6, 6.07) is 0.461. The van der Waals surface area contributed by atoms with Crippen LogP contribution in [0.15, 0.2) is 0 Å². The fourth-order valence-corrected chi connectivity index (χ4v) is 0.952. The summed E-state index contributed by atoms with van der Waals surface area (Å²) in [5.74, 6) is 5.97. The predicted molar refractivity (Wildman–Crippen MR) is 55.4 cm³/mol. The van der Waals surface area contributed by atoms with Gasteiger partial charge >= 0.3 is 0 Å². The fraction of sp³-hybridized carbons (Fsp3) is 0.727. The summed E-state index contributed by atoms with van der Waals surface area (Å²) in [7, 11) is 0. The van der Waals surface area contributed by atoms with Gasteiger partial charge < -0.3 is 5.32 Å². The van der Waals surface area contributed by atoms with E-state index < -0.39 is 0 Å². The largest absolute Gasteiger partial charge is 0.314 e. The van der Waals surface area contributed by atoms with Crippen LogP contribution in [0.5, 0.6) is 0 Å². The Kier molecular flexibility index (Phi) is 7.33. The molecule has 0 aromatic rings. The van der Waals surface area contributed by atoms with Crippen LogP contribution in [0, 0.1) is 11.8 Å². The van der Waals surface area contributed by atoms with Crippen LogP contribution < -0.4 is 5.32 Å². The van der Waals surface area contributed by atoms with Crippen molar-refractivity contribution >= 4 is 5.78 Å². The van der Waals surface area contributed by atoms with Gasteiger partial charge in [0, 0.05) is 31.8 Å². The van der Waals surface area contributed by atoms with E-state index in [2.05, 4.69) is 31.0 Å². The van der Waals surface area contributed by atoms with Crippen molar-refractivity contribution < 1.29 is 4.79 Å². The smallest absolute Gasteiger partial charge is 0.135 e. The molecule has 13 heavy (non-hydrogen) atoms. The van der Waals surface area contributed by atoms with Crippen molar-refractivity contribution in [1.82, 2.24) is 5.32 Å². The Labute approximate surface area is 81.1 Å². The van der Waals surface area contributed by atoms with E-state index in [4.69, 9.17) is 0 Å². The number of hydrogen-bond acceptors (Lipinski definition) is 2. The summed E-state index contributed by atoms with van der Waals surface area (Å²) < 4.78 is 0. The molecule has 74 valence electrons. The Morgan fingerprint density at radius 3 is 2.62 bits per heavy atom. The molecule has 0 aromatic heterocycles. The Morgan fingerprint density at radius 2 is 2.08 bits per heavy atom. The van der Waals surface area contributed by atoms with E-state index >= 15 is 0 Å². The molecule has 0 radical (unpaired) electrons. The number of Topliss-reactive ketones (excluding diaryl/α,β-unsaturated/α-hetero) is 1. The van der Waals surface area contributed by atoms with Gasteiger partial charge in [-0.3, -0.25) is 4.79 Å². The van der Waals surface area contributed by atoms with Crippen molar-refractivity contribution in [1.29, 1.82) is 0 Å². The van der Waals surface area contributed by atoms with Crippen LogP contribution in [-0.2, 0) is 4.79 Å². The summed E-state index contributed by atoms with van der Waals surface area (Å²) in [6.45, 7) is 6.74. The van der Waals surface area contributed by atoms with Gasteiger partial charge in [-0.2, -0.15) is 0 Å². The molecule has 0 saturated heterocycles. The lowest BCUT2D eigenvalue weighted by Gasteiger charge is -2.06. The molecule has 2 heteroatoms. The molecule has 0 fully saturated rings. The zero-order valence-corrected chi connectivity index (χ0v) is 8.81. The molecule has 0 rings (SSSR count). The maximum absolute atomic E-state index is 11.2. The first-order valence-electron chi connectivity index (χ1n) is 4.81. The van der Waals surface area contributed by atoms with Gasteiger partial charge in [0.25, 0.3) is 0 Å². The average Bonchev–Trinajstić information content (AvgIpc) is 2.04. The Bertz CT molecular complexity index is 198. The van der Waals surface area contributed by atoms with E-state index in [1.165, 1.54) is 0 Å². The third-order valence-corrected chi connectivity index (χ3v) is 1.66. The van der Waals surface area contributed by atoms with Crippen molar-refractivity contribution in [3.8, 4) is 11.8 Å². The normalized spacial score (nSPS) is 9.54. The summed E-state index contributed by atoms with van der Waals surface area (Å²) in [6.07, 6.45) is 1.93. The third kappa shape index (κ3) is 9.10. The van der Waals surface area contributed by atoms with E-state index in [1.54, 1.807) is 6.92 Å². The van der Waals surface area contributed by atoms with Gasteiger partial charge in [0.2, 0.25) is 0 Å². The highest BCUT2D eigenvalue weighted by atomic mass is 16.1. The maximum Gasteiger partial charge on any atom is 0.135 e. The first-order valence-corrected chi connectivity index (χ1v) is 4.81. The quantitative estimate of drug-likeness (QED) is 0.632.